The number of nitrogens with zero attached hydrogens (tertiary/aromatic N) is 1. The number of thioether (sulfide) groups is 1. The number of amides is 1. The Morgan fingerprint density at radius 1 is 0.966 bits per heavy atom. The number of hydrogen-bond donors (Lipinski definition) is 0. The highest BCUT2D eigenvalue weighted by Crippen LogP contribution is 2.23. The molecule has 1 atom stereocenters. The van der Waals surface area contributed by atoms with E-state index in [2.05, 4.69) is 6.92 Å². The van der Waals surface area contributed by atoms with Gasteiger partial charge in [0.1, 0.15) is 6.61 Å². The van der Waals surface area contributed by atoms with Gasteiger partial charge in [-0.2, -0.15) is 11.8 Å². The summed E-state index contributed by atoms with van der Waals surface area (Å²) in [5.41, 5.74) is 0. The van der Waals surface area contributed by atoms with Crippen LogP contribution in [0, 0.1) is 5.92 Å². The van der Waals surface area contributed by atoms with Crippen molar-refractivity contribution < 1.29 is 14.3 Å². The molecule has 0 aromatic carbocycles. The summed E-state index contributed by atoms with van der Waals surface area (Å²) in [6.45, 7) is 3.91. The Bertz CT molecular complexity index is 457. The molecule has 0 spiro atoms. The summed E-state index contributed by atoms with van der Waals surface area (Å²) in [6, 6.07) is 0. The average molecular weight is 426 g/mol. The zero-order valence-corrected chi connectivity index (χ0v) is 19.5. The summed E-state index contributed by atoms with van der Waals surface area (Å²) in [4.78, 5) is 26.1. The fraction of sp³-hybridized carbons (Fsp3) is 0.917. The van der Waals surface area contributed by atoms with Gasteiger partial charge < -0.3 is 9.64 Å². The molecule has 168 valence electrons. The fourth-order valence-corrected chi connectivity index (χ4v) is 5.62. The van der Waals surface area contributed by atoms with E-state index < -0.39 is 0 Å². The molecule has 1 amide bonds. The zero-order chi connectivity index (χ0) is 20.7. The van der Waals surface area contributed by atoms with Gasteiger partial charge in [0.25, 0.3) is 0 Å². The van der Waals surface area contributed by atoms with Gasteiger partial charge in [-0.3, -0.25) is 9.59 Å². The van der Waals surface area contributed by atoms with Gasteiger partial charge in [-0.15, -0.1) is 0 Å². The summed E-state index contributed by atoms with van der Waals surface area (Å²) in [5.74, 6) is 1.77. The van der Waals surface area contributed by atoms with Gasteiger partial charge in [0.05, 0.1) is 6.54 Å². The molecule has 0 aromatic heterocycles. The van der Waals surface area contributed by atoms with Crippen LogP contribution in [0.1, 0.15) is 96.8 Å². The molecule has 1 aliphatic heterocycles. The molecule has 2 rings (SSSR count). The third kappa shape index (κ3) is 10.9. The van der Waals surface area contributed by atoms with Gasteiger partial charge in [-0.05, 0) is 24.5 Å². The summed E-state index contributed by atoms with van der Waals surface area (Å²) in [6.07, 6.45) is 18.1. The van der Waals surface area contributed by atoms with Crippen molar-refractivity contribution in [1.82, 2.24) is 4.90 Å². The lowest BCUT2D eigenvalue weighted by atomic mass is 9.94. The molecule has 1 aliphatic carbocycles. The van der Waals surface area contributed by atoms with Gasteiger partial charge in [-0.1, -0.05) is 77.6 Å². The molecule has 1 heterocycles. The van der Waals surface area contributed by atoms with Crippen LogP contribution in [0.4, 0.5) is 0 Å². The molecule has 0 radical (unpaired) electrons. The van der Waals surface area contributed by atoms with E-state index in [1.807, 2.05) is 11.8 Å². The van der Waals surface area contributed by atoms with Crippen molar-refractivity contribution >= 4 is 23.5 Å². The second-order valence-corrected chi connectivity index (χ2v) is 10.5. The van der Waals surface area contributed by atoms with Gasteiger partial charge in [0, 0.05) is 24.8 Å². The standard InChI is InChI=1S/C24H43NO3S/c1-2-29-23-16-24(27)25(18-23)17-22(26)20-28-19-21-14-12-10-8-6-4-3-5-7-9-11-13-15-21/h21,23H,2-20H2,1H3. The molecule has 1 unspecified atom stereocenters. The maximum absolute atomic E-state index is 12.3. The normalized spacial score (nSPS) is 23.8. The second kappa shape index (κ2) is 15.3. The molecule has 1 saturated carbocycles. The van der Waals surface area contributed by atoms with E-state index in [0.717, 1.165) is 5.75 Å². The first-order chi connectivity index (χ1) is 14.2. The molecule has 2 fully saturated rings. The van der Waals surface area contributed by atoms with Crippen LogP contribution in [0.25, 0.3) is 0 Å². The minimum absolute atomic E-state index is 0.0430. The monoisotopic (exact) mass is 425 g/mol. The summed E-state index contributed by atoms with van der Waals surface area (Å²) in [7, 11) is 0. The fourth-order valence-electron chi connectivity index (χ4n) is 4.60. The van der Waals surface area contributed by atoms with Crippen LogP contribution in [0.15, 0.2) is 0 Å². The number of carbonyl (C=O) groups is 2. The maximum Gasteiger partial charge on any atom is 0.224 e. The number of carbonyl (C=O) groups excluding carboxylic acids is 2. The highest BCUT2D eigenvalue weighted by atomic mass is 32.2. The molecule has 1 saturated heterocycles. The van der Waals surface area contributed by atoms with Crippen LogP contribution in [0.5, 0.6) is 0 Å². The minimum Gasteiger partial charge on any atom is -0.373 e. The minimum atomic E-state index is 0.0430. The van der Waals surface area contributed by atoms with Crippen molar-refractivity contribution in [3.05, 3.63) is 0 Å². The Morgan fingerprint density at radius 2 is 1.52 bits per heavy atom. The van der Waals surface area contributed by atoms with E-state index >= 15 is 0 Å². The number of Topliss-reactive ketones (excluding diaryl/α,β-unsaturated/α-hetero) is 1. The van der Waals surface area contributed by atoms with Crippen molar-refractivity contribution in [1.29, 1.82) is 0 Å². The smallest absolute Gasteiger partial charge is 0.224 e. The second-order valence-electron chi connectivity index (χ2n) is 8.94. The molecular formula is C24H43NO3S. The highest BCUT2D eigenvalue weighted by Gasteiger charge is 2.30. The quantitative estimate of drug-likeness (QED) is 0.506. The Balaban J connectivity index is 1.64. The third-order valence-corrected chi connectivity index (χ3v) is 7.41. The Hall–Kier alpha value is -0.550. The number of likely N-dealkylation sites (tertiary alicyclic amines) is 1. The van der Waals surface area contributed by atoms with E-state index in [-0.39, 0.29) is 24.8 Å². The topological polar surface area (TPSA) is 46.6 Å². The van der Waals surface area contributed by atoms with Gasteiger partial charge >= 0.3 is 0 Å². The van der Waals surface area contributed by atoms with E-state index in [9.17, 15) is 9.59 Å². The van der Waals surface area contributed by atoms with E-state index in [0.29, 0.717) is 30.7 Å². The van der Waals surface area contributed by atoms with Gasteiger partial charge in [-0.25, -0.2) is 0 Å². The molecule has 0 bridgehead atoms. The lowest BCUT2D eigenvalue weighted by Crippen LogP contribution is -2.33. The van der Waals surface area contributed by atoms with E-state index in [4.69, 9.17) is 4.74 Å². The average Bonchev–Trinajstić information content (AvgIpc) is 3.03. The number of hydrogen-bond acceptors (Lipinski definition) is 4. The Morgan fingerprint density at radius 3 is 2.07 bits per heavy atom. The lowest BCUT2D eigenvalue weighted by Gasteiger charge is -2.19. The van der Waals surface area contributed by atoms with E-state index in [1.165, 1.54) is 83.5 Å². The maximum atomic E-state index is 12.3. The molecule has 29 heavy (non-hydrogen) atoms. The van der Waals surface area contributed by atoms with Crippen LogP contribution < -0.4 is 0 Å². The molecule has 4 nitrogen and oxygen atoms in total. The largest absolute Gasteiger partial charge is 0.373 e. The Labute approximate surface area is 182 Å². The lowest BCUT2D eigenvalue weighted by molar-refractivity contribution is -0.134. The van der Waals surface area contributed by atoms with Crippen LogP contribution in [0.3, 0.4) is 0 Å². The Kier molecular flexibility index (Phi) is 13.0. The summed E-state index contributed by atoms with van der Waals surface area (Å²) in [5, 5.41) is 0.353. The molecule has 0 N–H and O–H groups in total. The van der Waals surface area contributed by atoms with Crippen molar-refractivity contribution in [3.8, 4) is 0 Å². The van der Waals surface area contributed by atoms with Crippen molar-refractivity contribution in [2.24, 2.45) is 5.92 Å². The zero-order valence-electron chi connectivity index (χ0n) is 18.7. The van der Waals surface area contributed by atoms with Crippen LogP contribution in [-0.2, 0) is 14.3 Å². The predicted molar refractivity (Wildman–Crippen MR) is 122 cm³/mol. The van der Waals surface area contributed by atoms with Crippen LogP contribution in [0.2, 0.25) is 0 Å². The molecule has 0 aromatic rings. The molecule has 2 aliphatic rings. The highest BCUT2D eigenvalue weighted by molar-refractivity contribution is 7.99. The van der Waals surface area contributed by atoms with Crippen molar-refractivity contribution in [2.45, 2.75) is 102 Å². The number of rotatable bonds is 8. The van der Waals surface area contributed by atoms with Gasteiger partial charge in [0.2, 0.25) is 5.91 Å². The molecular weight excluding hydrogens is 382 g/mol. The first-order valence-corrected chi connectivity index (χ1v) is 13.2. The van der Waals surface area contributed by atoms with Crippen molar-refractivity contribution in [2.75, 3.05) is 32.1 Å². The molecule has 5 heteroatoms. The van der Waals surface area contributed by atoms with E-state index in [1.54, 1.807) is 4.90 Å². The van der Waals surface area contributed by atoms with Gasteiger partial charge in [0.15, 0.2) is 5.78 Å². The van der Waals surface area contributed by atoms with Crippen molar-refractivity contribution in [3.63, 3.8) is 0 Å². The van der Waals surface area contributed by atoms with Crippen LogP contribution in [-0.4, -0.2) is 53.9 Å². The summed E-state index contributed by atoms with van der Waals surface area (Å²) < 4.78 is 5.83. The summed E-state index contributed by atoms with van der Waals surface area (Å²) >= 11 is 1.82. The predicted octanol–water partition coefficient (Wildman–Crippen LogP) is 5.63. The number of ketones is 1. The van der Waals surface area contributed by atoms with Crippen LogP contribution >= 0.6 is 11.8 Å². The first-order valence-electron chi connectivity index (χ1n) is 12.2. The SMILES string of the molecule is CCSC1CC(=O)N(CC(=O)COCC2CCCCCCCCCCCCC2)C1. The third-order valence-electron chi connectivity index (χ3n) is 6.29. The number of ether oxygens (including phenoxy) is 1. The first kappa shape index (κ1) is 24.7.